The van der Waals surface area contributed by atoms with E-state index in [1.807, 2.05) is 0 Å². The highest BCUT2D eigenvalue weighted by molar-refractivity contribution is 4.83. The molecule has 0 aromatic rings. The maximum atomic E-state index is 6.02. The molecule has 0 spiro atoms. The minimum atomic E-state index is 0.445. The van der Waals surface area contributed by atoms with Gasteiger partial charge in [-0.1, -0.05) is 44.3 Å². The summed E-state index contributed by atoms with van der Waals surface area (Å²) in [4.78, 5) is 0. The third kappa shape index (κ3) is 6.20. The normalized spacial score (nSPS) is 29.6. The third-order valence-electron chi connectivity index (χ3n) is 3.07. The Labute approximate surface area is 88.8 Å². The van der Waals surface area contributed by atoms with Gasteiger partial charge in [0.1, 0.15) is 0 Å². The molecule has 0 aromatic heterocycles. The van der Waals surface area contributed by atoms with Gasteiger partial charge in [0.15, 0.2) is 0 Å². The first-order valence-electron chi connectivity index (χ1n) is 6.30. The SMILES string of the molecule is NC1CC/C=C\CCCCCCCC1. The maximum absolute atomic E-state index is 6.02. The summed E-state index contributed by atoms with van der Waals surface area (Å²) in [6.45, 7) is 0. The van der Waals surface area contributed by atoms with Gasteiger partial charge in [0.2, 0.25) is 0 Å². The van der Waals surface area contributed by atoms with E-state index in [0.29, 0.717) is 6.04 Å². The van der Waals surface area contributed by atoms with Crippen LogP contribution in [0.4, 0.5) is 0 Å². The van der Waals surface area contributed by atoms with Crippen molar-refractivity contribution >= 4 is 0 Å². The largest absolute Gasteiger partial charge is 0.328 e. The molecule has 0 saturated carbocycles. The van der Waals surface area contributed by atoms with Gasteiger partial charge in [0, 0.05) is 6.04 Å². The van der Waals surface area contributed by atoms with E-state index in [9.17, 15) is 0 Å². The van der Waals surface area contributed by atoms with E-state index in [2.05, 4.69) is 12.2 Å². The molecule has 1 unspecified atom stereocenters. The van der Waals surface area contributed by atoms with E-state index in [0.717, 1.165) is 0 Å². The molecule has 1 aliphatic rings. The van der Waals surface area contributed by atoms with Crippen molar-refractivity contribution in [3.8, 4) is 0 Å². The second-order valence-electron chi connectivity index (χ2n) is 4.51. The Hall–Kier alpha value is -0.300. The van der Waals surface area contributed by atoms with Gasteiger partial charge in [0.25, 0.3) is 0 Å². The highest BCUT2D eigenvalue weighted by Crippen LogP contribution is 2.12. The van der Waals surface area contributed by atoms with Gasteiger partial charge in [-0.2, -0.15) is 0 Å². The van der Waals surface area contributed by atoms with Gasteiger partial charge in [-0.25, -0.2) is 0 Å². The first-order chi connectivity index (χ1) is 6.89. The zero-order valence-electron chi connectivity index (χ0n) is 9.38. The molecular weight excluding hydrogens is 170 g/mol. The summed E-state index contributed by atoms with van der Waals surface area (Å²) >= 11 is 0. The van der Waals surface area contributed by atoms with E-state index in [1.54, 1.807) is 0 Å². The quantitative estimate of drug-likeness (QED) is 0.585. The lowest BCUT2D eigenvalue weighted by atomic mass is 10.0. The summed E-state index contributed by atoms with van der Waals surface area (Å²) in [6, 6.07) is 0.445. The Bertz CT molecular complexity index is 151. The summed E-state index contributed by atoms with van der Waals surface area (Å²) in [5.41, 5.74) is 6.02. The smallest absolute Gasteiger partial charge is 0.00417 e. The summed E-state index contributed by atoms with van der Waals surface area (Å²) in [5, 5.41) is 0. The molecule has 1 heteroatoms. The van der Waals surface area contributed by atoms with Crippen LogP contribution in [0.25, 0.3) is 0 Å². The van der Waals surface area contributed by atoms with Crippen LogP contribution >= 0.6 is 0 Å². The van der Waals surface area contributed by atoms with Crippen molar-refractivity contribution in [1.29, 1.82) is 0 Å². The predicted octanol–water partition coefficient (Wildman–Crippen LogP) is 3.78. The van der Waals surface area contributed by atoms with Crippen molar-refractivity contribution in [3.63, 3.8) is 0 Å². The number of hydrogen-bond donors (Lipinski definition) is 1. The molecule has 0 aliphatic heterocycles. The molecule has 1 atom stereocenters. The van der Waals surface area contributed by atoms with Gasteiger partial charge in [-0.3, -0.25) is 0 Å². The molecule has 1 rings (SSSR count). The number of nitrogens with two attached hydrogens (primary N) is 1. The van der Waals surface area contributed by atoms with Gasteiger partial charge >= 0.3 is 0 Å². The highest BCUT2D eigenvalue weighted by atomic mass is 14.6. The summed E-state index contributed by atoms with van der Waals surface area (Å²) < 4.78 is 0. The Morgan fingerprint density at radius 1 is 0.714 bits per heavy atom. The summed E-state index contributed by atoms with van der Waals surface area (Å²) in [5.74, 6) is 0. The fourth-order valence-corrected chi connectivity index (χ4v) is 2.07. The van der Waals surface area contributed by atoms with Gasteiger partial charge < -0.3 is 5.73 Å². The Morgan fingerprint density at radius 3 is 2.21 bits per heavy atom. The average Bonchev–Trinajstić information content (AvgIpc) is 2.20. The fourth-order valence-electron chi connectivity index (χ4n) is 2.07. The van der Waals surface area contributed by atoms with Crippen LogP contribution in [0.1, 0.15) is 64.2 Å². The molecule has 1 aliphatic carbocycles. The van der Waals surface area contributed by atoms with Crippen LogP contribution in [-0.4, -0.2) is 6.04 Å². The molecule has 0 aromatic carbocycles. The van der Waals surface area contributed by atoms with Gasteiger partial charge in [-0.15, -0.1) is 0 Å². The van der Waals surface area contributed by atoms with Crippen molar-refractivity contribution in [3.05, 3.63) is 12.2 Å². The molecule has 0 saturated heterocycles. The Morgan fingerprint density at radius 2 is 1.36 bits per heavy atom. The molecule has 14 heavy (non-hydrogen) atoms. The lowest BCUT2D eigenvalue weighted by Crippen LogP contribution is -2.19. The molecular formula is C13H25N. The van der Waals surface area contributed by atoms with Crippen molar-refractivity contribution in [1.82, 2.24) is 0 Å². The van der Waals surface area contributed by atoms with Crippen molar-refractivity contribution in [2.24, 2.45) is 5.73 Å². The maximum Gasteiger partial charge on any atom is 0.00417 e. The van der Waals surface area contributed by atoms with Crippen LogP contribution in [0.15, 0.2) is 12.2 Å². The van der Waals surface area contributed by atoms with E-state index < -0.39 is 0 Å². The molecule has 0 radical (unpaired) electrons. The van der Waals surface area contributed by atoms with E-state index >= 15 is 0 Å². The molecule has 82 valence electrons. The first-order valence-corrected chi connectivity index (χ1v) is 6.30. The molecule has 0 fully saturated rings. The summed E-state index contributed by atoms with van der Waals surface area (Å²) in [7, 11) is 0. The van der Waals surface area contributed by atoms with Crippen molar-refractivity contribution < 1.29 is 0 Å². The lowest BCUT2D eigenvalue weighted by molar-refractivity contribution is 0.516. The van der Waals surface area contributed by atoms with Crippen LogP contribution in [-0.2, 0) is 0 Å². The van der Waals surface area contributed by atoms with Gasteiger partial charge in [0.05, 0.1) is 0 Å². The second-order valence-corrected chi connectivity index (χ2v) is 4.51. The van der Waals surface area contributed by atoms with Crippen LogP contribution in [0.5, 0.6) is 0 Å². The van der Waals surface area contributed by atoms with E-state index in [4.69, 9.17) is 5.73 Å². The fraction of sp³-hybridized carbons (Fsp3) is 0.846. The molecule has 0 bridgehead atoms. The second kappa shape index (κ2) is 8.05. The van der Waals surface area contributed by atoms with Crippen molar-refractivity contribution in [2.45, 2.75) is 70.3 Å². The standard InChI is InChI=1S/C13H25N/c14-13-11-9-7-5-3-1-2-4-6-8-10-12-13/h5,7,13H,1-4,6,8-12,14H2/b7-5-. The van der Waals surface area contributed by atoms with Crippen LogP contribution in [0, 0.1) is 0 Å². The van der Waals surface area contributed by atoms with Crippen LogP contribution in [0.3, 0.4) is 0 Å². The average molecular weight is 195 g/mol. The zero-order valence-corrected chi connectivity index (χ0v) is 9.38. The van der Waals surface area contributed by atoms with Gasteiger partial charge in [-0.05, 0) is 32.1 Å². The highest BCUT2D eigenvalue weighted by Gasteiger charge is 2.01. The van der Waals surface area contributed by atoms with Crippen LogP contribution in [0.2, 0.25) is 0 Å². The summed E-state index contributed by atoms with van der Waals surface area (Å²) in [6.07, 6.45) is 17.9. The minimum absolute atomic E-state index is 0.445. The molecule has 1 nitrogen and oxygen atoms in total. The molecule has 0 heterocycles. The number of rotatable bonds is 0. The monoisotopic (exact) mass is 195 g/mol. The third-order valence-corrected chi connectivity index (χ3v) is 3.07. The topological polar surface area (TPSA) is 26.0 Å². The zero-order chi connectivity index (χ0) is 10.1. The minimum Gasteiger partial charge on any atom is -0.328 e. The Balaban J connectivity index is 2.20. The first kappa shape index (κ1) is 11.8. The van der Waals surface area contributed by atoms with Crippen molar-refractivity contribution in [2.75, 3.05) is 0 Å². The molecule has 2 N–H and O–H groups in total. The number of hydrogen-bond acceptors (Lipinski definition) is 1. The van der Waals surface area contributed by atoms with Crippen LogP contribution < -0.4 is 5.73 Å². The van der Waals surface area contributed by atoms with E-state index in [1.165, 1.54) is 64.2 Å². The lowest BCUT2D eigenvalue weighted by Gasteiger charge is -2.09. The van der Waals surface area contributed by atoms with E-state index in [-0.39, 0.29) is 0 Å². The predicted molar refractivity (Wildman–Crippen MR) is 63.3 cm³/mol. The molecule has 0 amide bonds. The Kier molecular flexibility index (Phi) is 6.77. The number of allylic oxidation sites excluding steroid dienone is 2.